The number of aliphatic carboxylic acids is 2. The molecular formula is C33H38N4O4. The van der Waals surface area contributed by atoms with E-state index >= 15 is 0 Å². The van der Waals surface area contributed by atoms with Crippen molar-refractivity contribution in [1.29, 1.82) is 0 Å². The maximum Gasteiger partial charge on any atom is 0.303 e. The van der Waals surface area contributed by atoms with Crippen LogP contribution in [0.4, 0.5) is 0 Å². The summed E-state index contributed by atoms with van der Waals surface area (Å²) in [6, 6.07) is 0. The zero-order chi connectivity index (χ0) is 29.8. The van der Waals surface area contributed by atoms with Crippen LogP contribution in [0.15, 0.2) is 36.2 Å². The lowest BCUT2D eigenvalue weighted by molar-refractivity contribution is -0.138. The highest BCUT2D eigenvalue weighted by atomic mass is 16.4. The monoisotopic (exact) mass is 554 g/mol. The summed E-state index contributed by atoms with van der Waals surface area (Å²) < 4.78 is 0. The lowest BCUT2D eigenvalue weighted by atomic mass is 10.0. The van der Waals surface area contributed by atoms with Crippen molar-refractivity contribution in [2.45, 2.75) is 53.4 Å². The Labute approximate surface area is 239 Å². The van der Waals surface area contributed by atoms with E-state index in [2.05, 4.69) is 59.4 Å². The molecule has 4 heterocycles. The highest BCUT2D eigenvalue weighted by molar-refractivity contribution is 5.73. The first-order chi connectivity index (χ1) is 19.5. The van der Waals surface area contributed by atoms with Gasteiger partial charge in [0.15, 0.2) is 0 Å². The van der Waals surface area contributed by atoms with Gasteiger partial charge in [0.05, 0.1) is 0 Å². The number of carbonyl (C=O) groups is 2. The molecule has 0 aromatic carbocycles. The van der Waals surface area contributed by atoms with E-state index in [1.54, 1.807) is 0 Å². The minimum absolute atomic E-state index is 0.0917. The molecule has 0 saturated heterocycles. The molecule has 0 bridgehead atoms. The van der Waals surface area contributed by atoms with Gasteiger partial charge in [-0.15, -0.1) is 0 Å². The zero-order valence-corrected chi connectivity index (χ0v) is 24.1. The van der Waals surface area contributed by atoms with Crippen LogP contribution in [0.3, 0.4) is 0 Å². The van der Waals surface area contributed by atoms with Crippen molar-refractivity contribution in [2.75, 3.05) is 6.54 Å². The molecule has 3 aromatic rings. The first kappa shape index (κ1) is 29.3. The number of H-pyrrole nitrogens is 3. The summed E-state index contributed by atoms with van der Waals surface area (Å²) in [7, 11) is 0. The lowest BCUT2D eigenvalue weighted by Crippen LogP contribution is -2.12. The van der Waals surface area contributed by atoms with Crippen molar-refractivity contribution in [2.24, 2.45) is 0 Å². The van der Waals surface area contributed by atoms with Crippen LogP contribution < -0.4 is 16.0 Å². The van der Waals surface area contributed by atoms with Crippen LogP contribution in [0.2, 0.25) is 0 Å². The number of aryl methyl sites for hydroxylation is 1. The van der Waals surface area contributed by atoms with Gasteiger partial charge >= 0.3 is 11.9 Å². The molecule has 1 aliphatic rings. The number of rotatable bonds is 11. The second kappa shape index (κ2) is 12.2. The number of allylic oxidation sites excluding steroid dienone is 1. The zero-order valence-electron chi connectivity index (χ0n) is 24.1. The molecule has 8 heteroatoms. The number of carboxylic acids is 2. The molecule has 1 aliphatic heterocycles. The van der Waals surface area contributed by atoms with E-state index in [1.165, 1.54) is 0 Å². The number of aromatic nitrogens is 3. The molecule has 4 rings (SSSR count). The SMILES string of the molecule is C=Cc1c(/C=c2\[nH]/c(=C\c3[nH]cc(CCC(=O)O)c3C)c(C=C)c2C)[nH]c(/C=C2\NCC(CCC(=O)O)=C2C)c1C. The summed E-state index contributed by atoms with van der Waals surface area (Å²) in [5.74, 6) is -1.60. The minimum Gasteiger partial charge on any atom is -0.481 e. The van der Waals surface area contributed by atoms with Crippen LogP contribution in [0.5, 0.6) is 0 Å². The summed E-state index contributed by atoms with van der Waals surface area (Å²) in [6.45, 7) is 16.9. The molecule has 3 aromatic heterocycles. The summed E-state index contributed by atoms with van der Waals surface area (Å²) in [6.07, 6.45) is 13.0. The summed E-state index contributed by atoms with van der Waals surface area (Å²) >= 11 is 0. The molecule has 41 heavy (non-hydrogen) atoms. The normalized spacial score (nSPS) is 15.2. The van der Waals surface area contributed by atoms with Gasteiger partial charge in [-0.1, -0.05) is 25.3 Å². The highest BCUT2D eigenvalue weighted by Gasteiger charge is 2.18. The number of hydrogen-bond acceptors (Lipinski definition) is 3. The fraction of sp³-hybridized carbons (Fsp3) is 0.273. The molecule has 0 saturated carbocycles. The summed E-state index contributed by atoms with van der Waals surface area (Å²) in [5.41, 5.74) is 12.2. The van der Waals surface area contributed by atoms with Gasteiger partial charge in [-0.05, 0) is 92.2 Å². The Morgan fingerprint density at radius 3 is 2.12 bits per heavy atom. The third kappa shape index (κ3) is 6.22. The van der Waals surface area contributed by atoms with Crippen molar-refractivity contribution < 1.29 is 19.8 Å². The van der Waals surface area contributed by atoms with Crippen LogP contribution in [-0.2, 0) is 16.0 Å². The standard InChI is InChI=1S/C33H38N4O4/c1-7-24-21(6)29(37-30(24)14-27-19(4)23(17-35-27)10-12-33(40)41)15-31-25(8-2)20(5)28(36-31)13-26-18(3)22(16-34-26)9-11-32(38)39/h7-8,13-15,17,34-37H,1-2,9-12,16H2,3-6H3,(H,38,39)(H,40,41)/b26-13-,29-15-,30-14-. The van der Waals surface area contributed by atoms with Crippen LogP contribution >= 0.6 is 0 Å². The third-order valence-corrected chi connectivity index (χ3v) is 7.97. The van der Waals surface area contributed by atoms with Gasteiger partial charge in [-0.3, -0.25) is 9.59 Å². The summed E-state index contributed by atoms with van der Waals surface area (Å²) in [4.78, 5) is 32.4. The molecular weight excluding hydrogens is 516 g/mol. The molecule has 0 radical (unpaired) electrons. The largest absolute Gasteiger partial charge is 0.481 e. The van der Waals surface area contributed by atoms with Gasteiger partial charge in [0.1, 0.15) is 0 Å². The second-order valence-electron chi connectivity index (χ2n) is 10.5. The molecule has 0 aliphatic carbocycles. The van der Waals surface area contributed by atoms with Gasteiger partial charge in [0.25, 0.3) is 0 Å². The third-order valence-electron chi connectivity index (χ3n) is 7.97. The molecule has 0 unspecified atom stereocenters. The van der Waals surface area contributed by atoms with Crippen LogP contribution in [0.25, 0.3) is 30.4 Å². The van der Waals surface area contributed by atoms with Crippen molar-refractivity contribution in [3.8, 4) is 0 Å². The van der Waals surface area contributed by atoms with E-state index in [1.807, 2.05) is 38.3 Å². The quantitative estimate of drug-likeness (QED) is 0.205. The minimum atomic E-state index is -0.811. The van der Waals surface area contributed by atoms with Crippen molar-refractivity contribution in [1.82, 2.24) is 20.3 Å². The first-order valence-electron chi connectivity index (χ1n) is 13.7. The van der Waals surface area contributed by atoms with Crippen LogP contribution in [0, 0.1) is 20.8 Å². The number of carboxylic acid groups (broad SMARTS) is 2. The summed E-state index contributed by atoms with van der Waals surface area (Å²) in [5, 5.41) is 23.4. The average Bonchev–Trinajstić information content (AvgIpc) is 3.63. The fourth-order valence-corrected chi connectivity index (χ4v) is 5.34. The highest BCUT2D eigenvalue weighted by Crippen LogP contribution is 2.27. The van der Waals surface area contributed by atoms with E-state index in [4.69, 9.17) is 10.2 Å². The van der Waals surface area contributed by atoms with Crippen molar-refractivity contribution in [3.05, 3.63) is 97.4 Å². The predicted molar refractivity (Wildman–Crippen MR) is 165 cm³/mol. The smallest absolute Gasteiger partial charge is 0.303 e. The van der Waals surface area contributed by atoms with E-state index in [-0.39, 0.29) is 12.8 Å². The second-order valence-corrected chi connectivity index (χ2v) is 10.5. The van der Waals surface area contributed by atoms with Crippen molar-refractivity contribution >= 4 is 42.3 Å². The van der Waals surface area contributed by atoms with Gasteiger partial charge in [0.2, 0.25) is 0 Å². The molecule has 6 N–H and O–H groups in total. The van der Waals surface area contributed by atoms with E-state index in [0.717, 1.165) is 78.0 Å². The fourth-order valence-electron chi connectivity index (χ4n) is 5.34. The first-order valence-corrected chi connectivity index (χ1v) is 13.7. The molecule has 0 amide bonds. The molecule has 0 atom stereocenters. The van der Waals surface area contributed by atoms with Gasteiger partial charge < -0.3 is 30.5 Å². The Hall–Kier alpha value is -4.72. The van der Waals surface area contributed by atoms with Crippen LogP contribution in [-0.4, -0.2) is 43.6 Å². The number of nitrogens with one attached hydrogen (secondary N) is 4. The Morgan fingerprint density at radius 2 is 1.46 bits per heavy atom. The Morgan fingerprint density at radius 1 is 0.805 bits per heavy atom. The maximum atomic E-state index is 11.0. The van der Waals surface area contributed by atoms with Crippen molar-refractivity contribution in [3.63, 3.8) is 0 Å². The maximum absolute atomic E-state index is 11.0. The van der Waals surface area contributed by atoms with Gasteiger partial charge in [-0.2, -0.15) is 0 Å². The topological polar surface area (TPSA) is 134 Å². The lowest BCUT2D eigenvalue weighted by Gasteiger charge is -2.02. The van der Waals surface area contributed by atoms with Gasteiger partial charge in [-0.25, -0.2) is 0 Å². The van der Waals surface area contributed by atoms with E-state index < -0.39 is 11.9 Å². The van der Waals surface area contributed by atoms with Gasteiger partial charge in [0, 0.05) is 70.2 Å². The average molecular weight is 555 g/mol. The van der Waals surface area contributed by atoms with Crippen LogP contribution in [0.1, 0.15) is 76.6 Å². The molecule has 0 spiro atoms. The number of hydrogen-bond donors (Lipinski definition) is 6. The Kier molecular flexibility index (Phi) is 8.71. The molecule has 0 fully saturated rings. The Bertz CT molecular complexity index is 1720. The molecule has 8 nitrogen and oxygen atoms in total. The molecule has 214 valence electrons. The number of aromatic amines is 3. The van der Waals surface area contributed by atoms with E-state index in [0.29, 0.717) is 19.4 Å². The van der Waals surface area contributed by atoms with E-state index in [9.17, 15) is 9.59 Å². The Balaban J connectivity index is 1.73. The predicted octanol–water partition coefficient (Wildman–Crippen LogP) is 4.68.